The summed E-state index contributed by atoms with van der Waals surface area (Å²) in [6, 6.07) is 0. The van der Waals surface area contributed by atoms with Gasteiger partial charge < -0.3 is 14.5 Å². The number of hydrogen-bond acceptors (Lipinski definition) is 7. The van der Waals surface area contributed by atoms with E-state index >= 15 is 0 Å². The average Bonchev–Trinajstić information content (AvgIpc) is 2.97. The molecule has 0 spiro atoms. The van der Waals surface area contributed by atoms with E-state index in [9.17, 15) is 9.59 Å². The number of hydrogen-bond donors (Lipinski definition) is 0. The van der Waals surface area contributed by atoms with E-state index in [2.05, 4.69) is 9.88 Å². The number of ether oxygens (including phenoxy) is 1. The molecule has 21 heavy (non-hydrogen) atoms. The lowest BCUT2D eigenvalue weighted by atomic mass is 10.2. The molecule has 0 aliphatic carbocycles. The van der Waals surface area contributed by atoms with Crippen molar-refractivity contribution in [3.05, 3.63) is 11.6 Å². The van der Waals surface area contributed by atoms with E-state index < -0.39 is 0 Å². The van der Waals surface area contributed by atoms with Gasteiger partial charge in [-0.05, 0) is 0 Å². The van der Waals surface area contributed by atoms with Crippen LogP contribution in [0, 0.1) is 0 Å². The first kappa shape index (κ1) is 16.3. The molecule has 3 rings (SSSR count). The molecular weight excluding hydrogens is 310 g/mol. The summed E-state index contributed by atoms with van der Waals surface area (Å²) in [5.41, 5.74) is 0. The number of thioether (sulfide) groups is 1. The highest BCUT2D eigenvalue weighted by molar-refractivity contribution is 8.14. The predicted molar refractivity (Wildman–Crippen MR) is 84.8 cm³/mol. The van der Waals surface area contributed by atoms with Crippen LogP contribution in [0.3, 0.4) is 0 Å². The van der Waals surface area contributed by atoms with Crippen LogP contribution in [0.25, 0.3) is 0 Å². The fourth-order valence-corrected chi connectivity index (χ4v) is 3.60. The van der Waals surface area contributed by atoms with E-state index in [1.807, 2.05) is 11.6 Å². The van der Waals surface area contributed by atoms with E-state index in [0.29, 0.717) is 18.5 Å². The molecule has 0 saturated carbocycles. The molecule has 2 aliphatic rings. The molecule has 3 heterocycles. The van der Waals surface area contributed by atoms with Crippen LogP contribution in [0.1, 0.15) is 6.92 Å². The Morgan fingerprint density at radius 3 is 2.67 bits per heavy atom. The molecule has 6 nitrogen and oxygen atoms in total. The SMILES string of the molecule is CC(=O)SC1CN(c2nccs2)C1.O=CN1CCOCC1. The standard InChI is InChI=1S/C8H10N2OS2.C5H9NO2/c1-6(11)13-7-4-10(5-7)8-9-2-3-12-8;7-5-6-1-3-8-4-2-6/h2-3,7H,4-5H2,1H3;5H,1-4H2. The molecule has 2 aliphatic heterocycles. The molecule has 1 aromatic rings. The number of anilines is 1. The number of carbonyl (C=O) groups is 2. The molecule has 0 unspecified atom stereocenters. The van der Waals surface area contributed by atoms with Crippen LogP contribution in [-0.2, 0) is 14.3 Å². The fourth-order valence-electron chi connectivity index (χ4n) is 1.96. The minimum Gasteiger partial charge on any atom is -0.378 e. The summed E-state index contributed by atoms with van der Waals surface area (Å²) in [7, 11) is 0. The highest BCUT2D eigenvalue weighted by atomic mass is 32.2. The molecule has 0 N–H and O–H groups in total. The smallest absolute Gasteiger partial charge is 0.209 e. The highest BCUT2D eigenvalue weighted by Gasteiger charge is 2.29. The second-order valence-corrected chi connectivity index (χ2v) is 7.06. The molecule has 1 amide bonds. The van der Waals surface area contributed by atoms with Gasteiger partial charge in [0.05, 0.1) is 13.2 Å². The second kappa shape index (κ2) is 8.35. The van der Waals surface area contributed by atoms with Gasteiger partial charge in [0.25, 0.3) is 0 Å². The highest BCUT2D eigenvalue weighted by Crippen LogP contribution is 2.29. The van der Waals surface area contributed by atoms with Crippen molar-refractivity contribution >= 4 is 39.8 Å². The van der Waals surface area contributed by atoms with Gasteiger partial charge in [0.1, 0.15) is 0 Å². The Hall–Kier alpha value is -1.12. The largest absolute Gasteiger partial charge is 0.378 e. The van der Waals surface area contributed by atoms with Gasteiger partial charge in [-0.2, -0.15) is 0 Å². The van der Waals surface area contributed by atoms with Crippen molar-refractivity contribution in [2.24, 2.45) is 0 Å². The van der Waals surface area contributed by atoms with Crippen LogP contribution < -0.4 is 4.90 Å². The maximum absolute atomic E-state index is 10.8. The minimum absolute atomic E-state index is 0.212. The first-order chi connectivity index (χ1) is 10.2. The van der Waals surface area contributed by atoms with Gasteiger partial charge in [-0.3, -0.25) is 9.59 Å². The zero-order valence-electron chi connectivity index (χ0n) is 11.9. The number of morpholine rings is 1. The molecule has 0 radical (unpaired) electrons. The van der Waals surface area contributed by atoms with E-state index in [0.717, 1.165) is 37.7 Å². The molecule has 1 aromatic heterocycles. The third-order valence-corrected chi connectivity index (χ3v) is 4.86. The lowest BCUT2D eigenvalue weighted by molar-refractivity contribution is -0.121. The van der Waals surface area contributed by atoms with Crippen molar-refractivity contribution < 1.29 is 14.3 Å². The van der Waals surface area contributed by atoms with Gasteiger partial charge in [-0.25, -0.2) is 4.98 Å². The molecule has 8 heteroatoms. The number of nitrogens with zero attached hydrogens (tertiary/aromatic N) is 3. The first-order valence-electron chi connectivity index (χ1n) is 6.78. The summed E-state index contributed by atoms with van der Waals surface area (Å²) in [5, 5.41) is 3.73. The van der Waals surface area contributed by atoms with Crippen molar-refractivity contribution in [2.45, 2.75) is 12.2 Å². The maximum Gasteiger partial charge on any atom is 0.209 e. The number of aromatic nitrogens is 1. The molecule has 2 fully saturated rings. The van der Waals surface area contributed by atoms with Crippen LogP contribution in [-0.4, -0.2) is 66.1 Å². The molecule has 0 bridgehead atoms. The normalized spacial score (nSPS) is 18.5. The second-order valence-electron chi connectivity index (χ2n) is 4.70. The van der Waals surface area contributed by atoms with E-state index in [-0.39, 0.29) is 5.12 Å². The number of carbonyl (C=O) groups excluding carboxylic acids is 2. The Bertz CT molecular complexity index is 444. The third kappa shape index (κ3) is 5.29. The topological polar surface area (TPSA) is 62.7 Å². The Morgan fingerprint density at radius 1 is 1.48 bits per heavy atom. The van der Waals surface area contributed by atoms with Gasteiger partial charge in [0, 0.05) is 49.9 Å². The summed E-state index contributed by atoms with van der Waals surface area (Å²) in [6.07, 6.45) is 2.67. The molecule has 0 atom stereocenters. The van der Waals surface area contributed by atoms with Gasteiger partial charge >= 0.3 is 0 Å². The van der Waals surface area contributed by atoms with Crippen molar-refractivity contribution in [1.29, 1.82) is 0 Å². The summed E-state index contributed by atoms with van der Waals surface area (Å²) >= 11 is 3.09. The van der Waals surface area contributed by atoms with Crippen molar-refractivity contribution in [3.8, 4) is 0 Å². The van der Waals surface area contributed by atoms with E-state index in [1.165, 1.54) is 11.8 Å². The number of thiazole rings is 1. The zero-order valence-corrected chi connectivity index (χ0v) is 13.6. The quantitative estimate of drug-likeness (QED) is 0.774. The summed E-state index contributed by atoms with van der Waals surface area (Å²) in [6.45, 7) is 6.43. The van der Waals surface area contributed by atoms with Crippen molar-refractivity contribution in [1.82, 2.24) is 9.88 Å². The lowest BCUT2D eigenvalue weighted by Gasteiger charge is -2.37. The van der Waals surface area contributed by atoms with Gasteiger partial charge in [-0.1, -0.05) is 11.8 Å². The van der Waals surface area contributed by atoms with Crippen LogP contribution in [0.5, 0.6) is 0 Å². The van der Waals surface area contributed by atoms with Gasteiger partial charge in [-0.15, -0.1) is 11.3 Å². The maximum atomic E-state index is 10.8. The lowest BCUT2D eigenvalue weighted by Crippen LogP contribution is -2.49. The molecule has 116 valence electrons. The number of rotatable bonds is 3. The minimum atomic E-state index is 0.212. The van der Waals surface area contributed by atoms with Crippen LogP contribution in [0.2, 0.25) is 0 Å². The number of amides is 1. The van der Waals surface area contributed by atoms with E-state index in [1.54, 1.807) is 23.2 Å². The molecular formula is C13H19N3O3S2. The molecule has 2 saturated heterocycles. The average molecular weight is 329 g/mol. The third-order valence-electron chi connectivity index (χ3n) is 3.07. The Labute approximate surface area is 132 Å². The Morgan fingerprint density at radius 2 is 2.19 bits per heavy atom. The van der Waals surface area contributed by atoms with Crippen LogP contribution in [0.4, 0.5) is 5.13 Å². The monoisotopic (exact) mass is 329 g/mol. The Balaban J connectivity index is 0.000000173. The van der Waals surface area contributed by atoms with Crippen LogP contribution >= 0.6 is 23.1 Å². The van der Waals surface area contributed by atoms with Crippen LogP contribution in [0.15, 0.2) is 11.6 Å². The summed E-state index contributed by atoms with van der Waals surface area (Å²) in [5.74, 6) is 0. The summed E-state index contributed by atoms with van der Waals surface area (Å²) in [4.78, 5) is 28.9. The van der Waals surface area contributed by atoms with E-state index in [4.69, 9.17) is 4.74 Å². The van der Waals surface area contributed by atoms with Crippen molar-refractivity contribution in [2.75, 3.05) is 44.3 Å². The predicted octanol–water partition coefficient (Wildman–Crippen LogP) is 1.09. The molecule has 0 aromatic carbocycles. The van der Waals surface area contributed by atoms with Gasteiger partial charge in [0.2, 0.25) is 6.41 Å². The summed E-state index contributed by atoms with van der Waals surface area (Å²) < 4.78 is 5.00. The zero-order chi connectivity index (χ0) is 15.1. The van der Waals surface area contributed by atoms with Crippen molar-refractivity contribution in [3.63, 3.8) is 0 Å². The fraction of sp³-hybridized carbons (Fsp3) is 0.615. The first-order valence-corrected chi connectivity index (χ1v) is 8.53. The van der Waals surface area contributed by atoms with Gasteiger partial charge in [0.15, 0.2) is 10.2 Å². The Kier molecular flexibility index (Phi) is 6.47.